The molecule has 2 N–H and O–H groups in total. The van der Waals surface area contributed by atoms with Gasteiger partial charge in [-0.15, -0.1) is 0 Å². The van der Waals surface area contributed by atoms with Gasteiger partial charge < -0.3 is 19.4 Å². The molecule has 1 amide bonds. The molecule has 2 aromatic rings. The predicted octanol–water partition coefficient (Wildman–Crippen LogP) is 0.902. The van der Waals surface area contributed by atoms with Crippen molar-refractivity contribution in [3.63, 3.8) is 0 Å². The van der Waals surface area contributed by atoms with E-state index >= 15 is 0 Å². The Labute approximate surface area is 108 Å². The zero-order valence-corrected chi connectivity index (χ0v) is 10.3. The molecule has 0 atom stereocenters. The summed E-state index contributed by atoms with van der Waals surface area (Å²) in [7, 11) is 1.61. The molecular weight excluding hydrogens is 250 g/mol. The molecule has 7 nitrogen and oxygen atoms in total. The zero-order valence-electron chi connectivity index (χ0n) is 10.3. The van der Waals surface area contributed by atoms with Crippen molar-refractivity contribution in [1.29, 1.82) is 0 Å². The Morgan fingerprint density at radius 1 is 1.53 bits per heavy atom. The third-order valence-corrected chi connectivity index (χ3v) is 2.58. The molecule has 0 aliphatic rings. The van der Waals surface area contributed by atoms with Crippen LogP contribution >= 0.6 is 0 Å². The molecule has 2 heterocycles. The van der Waals surface area contributed by atoms with Crippen molar-refractivity contribution in [3.05, 3.63) is 41.9 Å². The Balaban J connectivity index is 2.10. The van der Waals surface area contributed by atoms with E-state index in [4.69, 9.17) is 9.52 Å². The second-order valence-electron chi connectivity index (χ2n) is 4.03. The number of nitrogens with one attached hydrogen (secondary N) is 1. The number of carbonyl (C=O) groups is 2. The Morgan fingerprint density at radius 3 is 2.95 bits per heavy atom. The second kappa shape index (κ2) is 5.38. The molecule has 0 spiro atoms. The van der Waals surface area contributed by atoms with Gasteiger partial charge in [0.25, 0.3) is 5.91 Å². The van der Waals surface area contributed by atoms with Gasteiger partial charge in [0, 0.05) is 19.4 Å². The fourth-order valence-corrected chi connectivity index (χ4v) is 1.69. The maximum Gasteiger partial charge on any atom is 0.311 e. The minimum absolute atomic E-state index is 0.156. The van der Waals surface area contributed by atoms with Crippen LogP contribution in [0.5, 0.6) is 0 Å². The third-order valence-electron chi connectivity index (χ3n) is 2.58. The van der Waals surface area contributed by atoms with Crippen LogP contribution in [0.3, 0.4) is 0 Å². The minimum Gasteiger partial charge on any atom is -0.481 e. The number of amides is 1. The maximum absolute atomic E-state index is 12.2. The van der Waals surface area contributed by atoms with E-state index < -0.39 is 5.97 Å². The van der Waals surface area contributed by atoms with Crippen LogP contribution in [0.1, 0.15) is 21.9 Å². The van der Waals surface area contributed by atoms with E-state index in [2.05, 4.69) is 9.97 Å². The van der Waals surface area contributed by atoms with Gasteiger partial charge in [0.2, 0.25) is 0 Å². The van der Waals surface area contributed by atoms with Crippen LogP contribution in [0.15, 0.2) is 29.1 Å². The van der Waals surface area contributed by atoms with Gasteiger partial charge in [-0.05, 0) is 6.07 Å². The SMILES string of the molecule is CN(Cc1ncc[nH]1)C(=O)c1ccoc1CC(=O)O. The highest BCUT2D eigenvalue weighted by Gasteiger charge is 2.20. The first kappa shape index (κ1) is 12.9. The number of hydrogen-bond donors (Lipinski definition) is 2. The molecule has 0 aliphatic carbocycles. The molecule has 2 aromatic heterocycles. The molecule has 0 saturated carbocycles. The first-order chi connectivity index (χ1) is 9.08. The lowest BCUT2D eigenvalue weighted by Gasteiger charge is -2.15. The molecule has 0 unspecified atom stereocenters. The van der Waals surface area contributed by atoms with Crippen molar-refractivity contribution < 1.29 is 19.1 Å². The Bertz CT molecular complexity index is 574. The molecule has 0 bridgehead atoms. The Hall–Kier alpha value is -2.57. The number of aromatic nitrogens is 2. The highest BCUT2D eigenvalue weighted by atomic mass is 16.4. The number of carbonyl (C=O) groups excluding carboxylic acids is 1. The van der Waals surface area contributed by atoms with Crippen LogP contribution in [0, 0.1) is 0 Å². The highest BCUT2D eigenvalue weighted by molar-refractivity contribution is 5.95. The Kier molecular flexibility index (Phi) is 3.65. The first-order valence-corrected chi connectivity index (χ1v) is 5.60. The summed E-state index contributed by atoms with van der Waals surface area (Å²) in [5.41, 5.74) is 0.261. The number of carboxylic acid groups (broad SMARTS) is 1. The summed E-state index contributed by atoms with van der Waals surface area (Å²) in [5.74, 6) is -0.540. The molecule has 0 saturated heterocycles. The lowest BCUT2D eigenvalue weighted by Crippen LogP contribution is -2.27. The van der Waals surface area contributed by atoms with Crippen LogP contribution in [-0.4, -0.2) is 38.9 Å². The summed E-state index contributed by atoms with van der Waals surface area (Å²) in [6, 6.07) is 1.47. The number of imidazole rings is 1. The van der Waals surface area contributed by atoms with Gasteiger partial charge >= 0.3 is 5.97 Å². The summed E-state index contributed by atoms with van der Waals surface area (Å²) in [6.07, 6.45) is 4.26. The van der Waals surface area contributed by atoms with Gasteiger partial charge in [0.05, 0.1) is 18.4 Å². The topological polar surface area (TPSA) is 99.4 Å². The highest BCUT2D eigenvalue weighted by Crippen LogP contribution is 2.14. The standard InChI is InChI=1S/C12H13N3O4/c1-15(7-10-13-3-4-14-10)12(18)8-2-5-19-9(8)6-11(16)17/h2-5H,6-7H2,1H3,(H,13,14)(H,16,17). The van der Waals surface area contributed by atoms with Crippen molar-refractivity contribution in [2.75, 3.05) is 7.05 Å². The number of aliphatic carboxylic acids is 1. The predicted molar refractivity (Wildman–Crippen MR) is 64.4 cm³/mol. The normalized spacial score (nSPS) is 10.4. The van der Waals surface area contributed by atoms with E-state index in [0.29, 0.717) is 12.4 Å². The number of furan rings is 1. The van der Waals surface area contributed by atoms with Gasteiger partial charge in [-0.1, -0.05) is 0 Å². The smallest absolute Gasteiger partial charge is 0.311 e. The molecule has 100 valence electrons. The van der Waals surface area contributed by atoms with Crippen molar-refractivity contribution in [2.24, 2.45) is 0 Å². The fourth-order valence-electron chi connectivity index (χ4n) is 1.69. The van der Waals surface area contributed by atoms with E-state index in [9.17, 15) is 9.59 Å². The van der Waals surface area contributed by atoms with E-state index in [-0.39, 0.29) is 23.7 Å². The summed E-state index contributed by atoms with van der Waals surface area (Å²) in [6.45, 7) is 0.309. The van der Waals surface area contributed by atoms with Crippen LogP contribution in [0.2, 0.25) is 0 Å². The number of hydrogen-bond acceptors (Lipinski definition) is 4. The van der Waals surface area contributed by atoms with E-state index in [1.807, 2.05) is 0 Å². The molecular formula is C12H13N3O4. The van der Waals surface area contributed by atoms with Crippen molar-refractivity contribution in [3.8, 4) is 0 Å². The van der Waals surface area contributed by atoms with Crippen LogP contribution in [0.25, 0.3) is 0 Å². The van der Waals surface area contributed by atoms with Gasteiger partial charge in [-0.25, -0.2) is 4.98 Å². The lowest BCUT2D eigenvalue weighted by molar-refractivity contribution is -0.136. The lowest BCUT2D eigenvalue weighted by atomic mass is 10.2. The summed E-state index contributed by atoms with van der Waals surface area (Å²) in [4.78, 5) is 31.2. The number of carboxylic acids is 1. The molecule has 19 heavy (non-hydrogen) atoms. The van der Waals surface area contributed by atoms with Gasteiger partial charge in [0.1, 0.15) is 18.0 Å². The first-order valence-electron chi connectivity index (χ1n) is 5.60. The molecule has 0 fully saturated rings. The fraction of sp³-hybridized carbons (Fsp3) is 0.250. The van der Waals surface area contributed by atoms with Crippen LogP contribution in [0.4, 0.5) is 0 Å². The van der Waals surface area contributed by atoms with Gasteiger partial charge in [0.15, 0.2) is 0 Å². The monoisotopic (exact) mass is 263 g/mol. The Morgan fingerprint density at radius 2 is 2.32 bits per heavy atom. The van der Waals surface area contributed by atoms with Gasteiger partial charge in [-0.2, -0.15) is 0 Å². The summed E-state index contributed by atoms with van der Waals surface area (Å²) < 4.78 is 5.03. The number of rotatable bonds is 5. The quantitative estimate of drug-likeness (QED) is 0.835. The van der Waals surface area contributed by atoms with Crippen molar-refractivity contribution in [1.82, 2.24) is 14.9 Å². The van der Waals surface area contributed by atoms with Crippen molar-refractivity contribution in [2.45, 2.75) is 13.0 Å². The number of H-pyrrole nitrogens is 1. The molecule has 0 aliphatic heterocycles. The van der Waals surface area contributed by atoms with Gasteiger partial charge in [-0.3, -0.25) is 9.59 Å². The third kappa shape index (κ3) is 3.01. The minimum atomic E-state index is -1.04. The summed E-state index contributed by atoms with van der Waals surface area (Å²) in [5, 5.41) is 8.74. The molecule has 2 rings (SSSR count). The average molecular weight is 263 g/mol. The second-order valence-corrected chi connectivity index (χ2v) is 4.03. The molecule has 0 radical (unpaired) electrons. The maximum atomic E-state index is 12.2. The number of nitrogens with zero attached hydrogens (tertiary/aromatic N) is 2. The largest absolute Gasteiger partial charge is 0.481 e. The van der Waals surface area contributed by atoms with Crippen LogP contribution < -0.4 is 0 Å². The van der Waals surface area contributed by atoms with Crippen molar-refractivity contribution >= 4 is 11.9 Å². The van der Waals surface area contributed by atoms with E-state index in [1.54, 1.807) is 19.4 Å². The number of aromatic amines is 1. The van der Waals surface area contributed by atoms with Crippen LogP contribution in [-0.2, 0) is 17.8 Å². The average Bonchev–Trinajstić information content (AvgIpc) is 2.98. The van der Waals surface area contributed by atoms with E-state index in [0.717, 1.165) is 0 Å². The molecule has 7 heteroatoms. The molecule has 0 aromatic carbocycles. The van der Waals surface area contributed by atoms with E-state index in [1.165, 1.54) is 17.2 Å². The zero-order chi connectivity index (χ0) is 13.8. The summed E-state index contributed by atoms with van der Waals surface area (Å²) >= 11 is 0.